The molecule has 0 bridgehead atoms. The Bertz CT molecular complexity index is 657. The van der Waals surface area contributed by atoms with Gasteiger partial charge in [0.2, 0.25) is 0 Å². The summed E-state index contributed by atoms with van der Waals surface area (Å²) in [6, 6.07) is 1.93. The number of aryl methyl sites for hydroxylation is 1. The first kappa shape index (κ1) is 16.3. The van der Waals surface area contributed by atoms with Crippen molar-refractivity contribution in [1.82, 2.24) is 14.9 Å². The summed E-state index contributed by atoms with van der Waals surface area (Å²) < 4.78 is 3.81. The highest BCUT2D eigenvalue weighted by molar-refractivity contribution is 9.11. The number of hydrogen-bond acceptors (Lipinski definition) is 4. The first-order chi connectivity index (χ1) is 10.1. The second-order valence-corrected chi connectivity index (χ2v) is 6.37. The lowest BCUT2D eigenvalue weighted by atomic mass is 10.2. The Hall–Kier alpha value is -1.12. The Kier molecular flexibility index (Phi) is 5.60. The van der Waals surface area contributed by atoms with Crippen LogP contribution < -0.4 is 10.8 Å². The molecule has 2 aromatic heterocycles. The molecule has 0 spiro atoms. The summed E-state index contributed by atoms with van der Waals surface area (Å²) >= 11 is 6.97. The molecule has 0 radical (unpaired) electrons. The van der Waals surface area contributed by atoms with E-state index in [9.17, 15) is 4.79 Å². The van der Waals surface area contributed by atoms with Crippen LogP contribution in [0.15, 0.2) is 21.2 Å². The SMILES string of the molecule is CCCCc1c(NCC(=O)NO)nc2c(Br)cc(Br)cn12. The second-order valence-electron chi connectivity index (χ2n) is 4.60. The number of nitrogens with zero attached hydrogens (tertiary/aromatic N) is 2. The van der Waals surface area contributed by atoms with Crippen LogP contribution in [-0.4, -0.2) is 27.0 Å². The van der Waals surface area contributed by atoms with Crippen molar-refractivity contribution in [2.45, 2.75) is 26.2 Å². The molecule has 8 heteroatoms. The van der Waals surface area contributed by atoms with Crippen molar-refractivity contribution in [3.63, 3.8) is 0 Å². The molecule has 0 fully saturated rings. The Labute approximate surface area is 139 Å². The molecule has 114 valence electrons. The number of pyridine rings is 1. The number of anilines is 1. The van der Waals surface area contributed by atoms with Gasteiger partial charge in [0, 0.05) is 10.7 Å². The zero-order valence-corrected chi connectivity index (χ0v) is 14.7. The number of unbranched alkanes of at least 4 members (excludes halogenated alkanes) is 1. The van der Waals surface area contributed by atoms with Gasteiger partial charge in [0.05, 0.1) is 16.7 Å². The Morgan fingerprint density at radius 1 is 1.48 bits per heavy atom. The van der Waals surface area contributed by atoms with E-state index in [0.717, 1.165) is 39.5 Å². The fourth-order valence-corrected chi connectivity index (χ4v) is 3.32. The number of rotatable bonds is 6. The molecule has 0 unspecified atom stereocenters. The van der Waals surface area contributed by atoms with Crippen molar-refractivity contribution >= 4 is 49.2 Å². The lowest BCUT2D eigenvalue weighted by molar-refractivity contribution is -0.127. The van der Waals surface area contributed by atoms with Crippen molar-refractivity contribution in [1.29, 1.82) is 0 Å². The third-order valence-electron chi connectivity index (χ3n) is 3.05. The van der Waals surface area contributed by atoms with E-state index in [4.69, 9.17) is 5.21 Å². The molecular weight excluding hydrogens is 404 g/mol. The number of amides is 1. The molecule has 2 heterocycles. The molecule has 2 rings (SSSR count). The van der Waals surface area contributed by atoms with E-state index in [1.165, 1.54) is 0 Å². The van der Waals surface area contributed by atoms with Crippen molar-refractivity contribution in [2.24, 2.45) is 0 Å². The normalized spacial score (nSPS) is 10.9. The molecule has 0 saturated carbocycles. The number of halogens is 2. The van der Waals surface area contributed by atoms with Gasteiger partial charge in [-0.3, -0.25) is 14.4 Å². The number of aromatic nitrogens is 2. The standard InChI is InChI=1S/C13H16Br2N4O2/c1-2-3-4-10-12(16-6-11(20)18-21)17-13-9(15)5-8(14)7-19(10)13/h5,7,16,21H,2-4,6H2,1H3,(H,18,20). The first-order valence-electron chi connectivity index (χ1n) is 6.59. The van der Waals surface area contributed by atoms with E-state index in [1.54, 1.807) is 5.48 Å². The quantitative estimate of drug-likeness (QED) is 0.496. The van der Waals surface area contributed by atoms with Gasteiger partial charge < -0.3 is 5.32 Å². The molecule has 3 N–H and O–H groups in total. The zero-order chi connectivity index (χ0) is 15.4. The molecule has 2 aromatic rings. The number of fused-ring (bicyclic) bond motifs is 1. The van der Waals surface area contributed by atoms with E-state index in [0.29, 0.717) is 5.82 Å². The van der Waals surface area contributed by atoms with Crippen molar-refractivity contribution in [3.05, 3.63) is 26.9 Å². The largest absolute Gasteiger partial charge is 0.359 e. The smallest absolute Gasteiger partial charge is 0.262 e. The fourth-order valence-electron chi connectivity index (χ4n) is 2.05. The summed E-state index contributed by atoms with van der Waals surface area (Å²) in [5, 5.41) is 11.5. The van der Waals surface area contributed by atoms with E-state index in [-0.39, 0.29) is 6.54 Å². The molecular formula is C13H16Br2N4O2. The number of carbonyl (C=O) groups is 1. The summed E-state index contributed by atoms with van der Waals surface area (Å²) in [6.07, 6.45) is 4.90. The molecule has 0 aliphatic carbocycles. The lowest BCUT2D eigenvalue weighted by Gasteiger charge is -2.06. The Balaban J connectivity index is 2.42. The molecule has 0 aliphatic rings. The molecule has 0 atom stereocenters. The number of hydroxylamine groups is 1. The van der Waals surface area contributed by atoms with Crippen LogP contribution in [0.1, 0.15) is 25.5 Å². The molecule has 0 aliphatic heterocycles. The minimum absolute atomic E-state index is 0.0295. The lowest BCUT2D eigenvalue weighted by Crippen LogP contribution is -2.27. The van der Waals surface area contributed by atoms with Crippen LogP contribution in [0.3, 0.4) is 0 Å². The van der Waals surface area contributed by atoms with Gasteiger partial charge in [-0.15, -0.1) is 0 Å². The minimum Gasteiger partial charge on any atom is -0.359 e. The van der Waals surface area contributed by atoms with E-state index in [2.05, 4.69) is 49.1 Å². The van der Waals surface area contributed by atoms with Gasteiger partial charge in [-0.05, 0) is 50.8 Å². The van der Waals surface area contributed by atoms with E-state index in [1.807, 2.05) is 16.7 Å². The van der Waals surface area contributed by atoms with Crippen molar-refractivity contribution in [2.75, 3.05) is 11.9 Å². The van der Waals surface area contributed by atoms with Crippen LogP contribution in [0.4, 0.5) is 5.82 Å². The predicted molar refractivity (Wildman–Crippen MR) is 87.6 cm³/mol. The molecule has 0 saturated heterocycles. The number of hydrogen-bond donors (Lipinski definition) is 3. The number of carbonyl (C=O) groups excluding carboxylic acids is 1. The van der Waals surface area contributed by atoms with Crippen LogP contribution in [0, 0.1) is 0 Å². The minimum atomic E-state index is -0.506. The van der Waals surface area contributed by atoms with Crippen LogP contribution in [0.2, 0.25) is 0 Å². The highest BCUT2D eigenvalue weighted by atomic mass is 79.9. The third kappa shape index (κ3) is 3.75. The molecule has 6 nitrogen and oxygen atoms in total. The number of nitrogens with one attached hydrogen (secondary N) is 2. The third-order valence-corrected chi connectivity index (χ3v) is 4.07. The average molecular weight is 420 g/mol. The molecule has 21 heavy (non-hydrogen) atoms. The van der Waals surface area contributed by atoms with Gasteiger partial charge in [-0.25, -0.2) is 10.5 Å². The zero-order valence-electron chi connectivity index (χ0n) is 11.5. The van der Waals surface area contributed by atoms with Crippen LogP contribution in [0.25, 0.3) is 5.65 Å². The van der Waals surface area contributed by atoms with Gasteiger partial charge in [0.25, 0.3) is 5.91 Å². The van der Waals surface area contributed by atoms with Crippen LogP contribution >= 0.6 is 31.9 Å². The Morgan fingerprint density at radius 3 is 2.90 bits per heavy atom. The molecule has 0 aromatic carbocycles. The fraction of sp³-hybridized carbons (Fsp3) is 0.385. The molecule has 1 amide bonds. The topological polar surface area (TPSA) is 78.7 Å². The van der Waals surface area contributed by atoms with Gasteiger partial charge >= 0.3 is 0 Å². The van der Waals surface area contributed by atoms with E-state index >= 15 is 0 Å². The second kappa shape index (κ2) is 7.24. The highest BCUT2D eigenvalue weighted by Gasteiger charge is 2.15. The van der Waals surface area contributed by atoms with Crippen molar-refractivity contribution < 1.29 is 10.0 Å². The van der Waals surface area contributed by atoms with Crippen LogP contribution in [0.5, 0.6) is 0 Å². The summed E-state index contributed by atoms with van der Waals surface area (Å²) in [6.45, 7) is 2.10. The highest BCUT2D eigenvalue weighted by Crippen LogP contribution is 2.28. The summed E-state index contributed by atoms with van der Waals surface area (Å²) in [7, 11) is 0. The number of imidazole rings is 1. The Morgan fingerprint density at radius 2 is 2.24 bits per heavy atom. The van der Waals surface area contributed by atoms with Gasteiger partial charge in [0.15, 0.2) is 5.65 Å². The van der Waals surface area contributed by atoms with Gasteiger partial charge in [-0.2, -0.15) is 0 Å². The maximum atomic E-state index is 11.2. The van der Waals surface area contributed by atoms with Crippen LogP contribution in [-0.2, 0) is 11.2 Å². The monoisotopic (exact) mass is 418 g/mol. The first-order valence-corrected chi connectivity index (χ1v) is 8.18. The predicted octanol–water partition coefficient (Wildman–Crippen LogP) is 3.12. The summed E-state index contributed by atoms with van der Waals surface area (Å²) in [5.74, 6) is 0.152. The maximum Gasteiger partial charge on any atom is 0.262 e. The maximum absolute atomic E-state index is 11.2. The average Bonchev–Trinajstić information content (AvgIpc) is 2.80. The van der Waals surface area contributed by atoms with Crippen molar-refractivity contribution in [3.8, 4) is 0 Å². The summed E-state index contributed by atoms with van der Waals surface area (Å²) in [4.78, 5) is 15.7. The van der Waals surface area contributed by atoms with E-state index < -0.39 is 5.91 Å². The van der Waals surface area contributed by atoms with Gasteiger partial charge in [0.1, 0.15) is 5.82 Å². The summed E-state index contributed by atoms with van der Waals surface area (Å²) in [5.41, 5.74) is 3.40. The van der Waals surface area contributed by atoms with Gasteiger partial charge in [-0.1, -0.05) is 13.3 Å².